The molecule has 2 heterocycles. The first-order chi connectivity index (χ1) is 10.2. The molecule has 2 N–H and O–H groups in total. The average Bonchev–Trinajstić information content (AvgIpc) is 2.97. The highest BCUT2D eigenvalue weighted by molar-refractivity contribution is 7.15. The van der Waals surface area contributed by atoms with Gasteiger partial charge in [-0.2, -0.15) is 0 Å². The van der Waals surface area contributed by atoms with E-state index in [1.807, 2.05) is 6.20 Å². The molecular weight excluding hydrogens is 306 g/mol. The lowest BCUT2D eigenvalue weighted by Crippen LogP contribution is -2.26. The second-order valence-corrected chi connectivity index (χ2v) is 6.56. The van der Waals surface area contributed by atoms with Crippen molar-refractivity contribution in [1.82, 2.24) is 10.3 Å². The summed E-state index contributed by atoms with van der Waals surface area (Å²) in [6.07, 6.45) is 4.14. The summed E-state index contributed by atoms with van der Waals surface area (Å²) in [7, 11) is 0. The highest BCUT2D eigenvalue weighted by Gasteiger charge is 2.18. The van der Waals surface area contributed by atoms with Crippen LogP contribution in [0.5, 0.6) is 0 Å². The molecule has 1 fully saturated rings. The number of piperidine rings is 1. The number of carbonyl (C=O) groups excluding carboxylic acids is 1. The summed E-state index contributed by atoms with van der Waals surface area (Å²) in [5.74, 6) is 0.379. The van der Waals surface area contributed by atoms with E-state index in [4.69, 9.17) is 11.6 Å². The molecule has 1 aromatic carbocycles. The number of halogens is 1. The minimum absolute atomic E-state index is 0.177. The first kappa shape index (κ1) is 14.5. The molecule has 1 amide bonds. The van der Waals surface area contributed by atoms with Gasteiger partial charge >= 0.3 is 0 Å². The highest BCUT2D eigenvalue weighted by Crippen LogP contribution is 2.31. The lowest BCUT2D eigenvalue weighted by Gasteiger charge is -2.20. The third-order valence-corrected chi connectivity index (χ3v) is 4.88. The third-order valence-electron chi connectivity index (χ3n) is 3.57. The first-order valence-electron chi connectivity index (χ1n) is 6.96. The Morgan fingerprint density at radius 1 is 1.38 bits per heavy atom. The molecule has 0 atom stereocenters. The number of aromatic nitrogens is 1. The molecule has 0 bridgehead atoms. The second-order valence-electron chi connectivity index (χ2n) is 5.06. The number of carbonyl (C=O) groups is 1. The lowest BCUT2D eigenvalue weighted by atomic mass is 9.97. The molecule has 1 aromatic heterocycles. The molecule has 1 aliphatic rings. The fraction of sp³-hybridized carbons (Fsp3) is 0.333. The summed E-state index contributed by atoms with van der Waals surface area (Å²) in [5.41, 5.74) is 0.543. The molecule has 4 nitrogen and oxygen atoms in total. The molecule has 21 heavy (non-hydrogen) atoms. The van der Waals surface area contributed by atoms with Crippen LogP contribution in [0, 0.1) is 0 Å². The van der Waals surface area contributed by atoms with Crippen LogP contribution in [-0.2, 0) is 0 Å². The number of amides is 1. The van der Waals surface area contributed by atoms with Crippen molar-refractivity contribution in [2.24, 2.45) is 0 Å². The topological polar surface area (TPSA) is 54.0 Å². The van der Waals surface area contributed by atoms with Crippen molar-refractivity contribution in [3.63, 3.8) is 0 Å². The predicted molar refractivity (Wildman–Crippen MR) is 86.4 cm³/mol. The van der Waals surface area contributed by atoms with Gasteiger partial charge in [-0.1, -0.05) is 17.7 Å². The van der Waals surface area contributed by atoms with Gasteiger partial charge in [-0.25, -0.2) is 4.98 Å². The Bertz CT molecular complexity index is 637. The normalized spacial score (nSPS) is 15.9. The van der Waals surface area contributed by atoms with Crippen molar-refractivity contribution in [3.8, 4) is 0 Å². The zero-order chi connectivity index (χ0) is 14.7. The Morgan fingerprint density at radius 3 is 2.95 bits per heavy atom. The first-order valence-corrected chi connectivity index (χ1v) is 8.15. The van der Waals surface area contributed by atoms with Crippen molar-refractivity contribution >= 4 is 34.0 Å². The Labute approximate surface area is 132 Å². The molecule has 0 aliphatic carbocycles. The minimum Gasteiger partial charge on any atom is -0.317 e. The van der Waals surface area contributed by atoms with Gasteiger partial charge in [0.2, 0.25) is 0 Å². The van der Waals surface area contributed by atoms with E-state index in [0.717, 1.165) is 25.9 Å². The molecule has 3 rings (SSSR count). The number of nitrogens with one attached hydrogen (secondary N) is 2. The molecule has 0 saturated carbocycles. The smallest absolute Gasteiger partial charge is 0.257 e. The van der Waals surface area contributed by atoms with Gasteiger partial charge in [-0.3, -0.25) is 10.1 Å². The molecule has 2 aromatic rings. The maximum atomic E-state index is 12.1. The second kappa shape index (κ2) is 6.56. The number of hydrogen-bond acceptors (Lipinski definition) is 4. The van der Waals surface area contributed by atoms with Crippen molar-refractivity contribution < 1.29 is 4.79 Å². The van der Waals surface area contributed by atoms with Gasteiger partial charge in [0.15, 0.2) is 5.13 Å². The van der Waals surface area contributed by atoms with Gasteiger partial charge < -0.3 is 5.32 Å². The summed E-state index contributed by atoms with van der Waals surface area (Å²) in [6.45, 7) is 2.10. The lowest BCUT2D eigenvalue weighted by molar-refractivity contribution is 0.102. The molecule has 1 aliphatic heterocycles. The number of benzene rings is 1. The van der Waals surface area contributed by atoms with Crippen LogP contribution in [0.25, 0.3) is 0 Å². The van der Waals surface area contributed by atoms with E-state index in [2.05, 4.69) is 15.6 Å². The molecular formula is C15H16ClN3OS. The third kappa shape index (κ3) is 3.61. The summed E-state index contributed by atoms with van der Waals surface area (Å²) in [5, 5.41) is 7.39. The van der Waals surface area contributed by atoms with Gasteiger partial charge in [0.1, 0.15) is 0 Å². The summed E-state index contributed by atoms with van der Waals surface area (Å²) in [4.78, 5) is 17.7. The Balaban J connectivity index is 1.68. The SMILES string of the molecule is O=C(Nc1ncc(C2CCNCC2)s1)c1cccc(Cl)c1. The zero-order valence-corrected chi connectivity index (χ0v) is 13.0. The van der Waals surface area contributed by atoms with Crippen LogP contribution in [0.15, 0.2) is 30.5 Å². The predicted octanol–water partition coefficient (Wildman–Crippen LogP) is 3.52. The van der Waals surface area contributed by atoms with Gasteiger partial charge in [0, 0.05) is 21.7 Å². The van der Waals surface area contributed by atoms with E-state index in [0.29, 0.717) is 21.6 Å². The van der Waals surface area contributed by atoms with Gasteiger partial charge in [-0.05, 0) is 50.0 Å². The maximum absolute atomic E-state index is 12.1. The fourth-order valence-electron chi connectivity index (χ4n) is 2.44. The molecule has 0 unspecified atom stereocenters. The molecule has 6 heteroatoms. The fourth-order valence-corrected chi connectivity index (χ4v) is 3.61. The van der Waals surface area contributed by atoms with Crippen molar-refractivity contribution in [2.75, 3.05) is 18.4 Å². The number of anilines is 1. The minimum atomic E-state index is -0.177. The standard InChI is InChI=1S/C15H16ClN3OS/c16-12-3-1-2-11(8-12)14(20)19-15-18-9-13(21-15)10-4-6-17-7-5-10/h1-3,8-10,17H,4-7H2,(H,18,19,20). The quantitative estimate of drug-likeness (QED) is 0.909. The number of hydrogen-bond donors (Lipinski definition) is 2. The molecule has 110 valence electrons. The Morgan fingerprint density at radius 2 is 2.19 bits per heavy atom. The Kier molecular flexibility index (Phi) is 4.53. The monoisotopic (exact) mass is 321 g/mol. The van der Waals surface area contributed by atoms with Crippen LogP contribution in [0.4, 0.5) is 5.13 Å². The largest absolute Gasteiger partial charge is 0.317 e. The zero-order valence-electron chi connectivity index (χ0n) is 11.4. The van der Waals surface area contributed by atoms with E-state index in [1.54, 1.807) is 35.6 Å². The van der Waals surface area contributed by atoms with E-state index in [1.165, 1.54) is 4.88 Å². The van der Waals surface area contributed by atoms with Crippen molar-refractivity contribution in [1.29, 1.82) is 0 Å². The summed E-state index contributed by atoms with van der Waals surface area (Å²) in [6, 6.07) is 6.90. The van der Waals surface area contributed by atoms with E-state index in [-0.39, 0.29) is 5.91 Å². The van der Waals surface area contributed by atoms with E-state index in [9.17, 15) is 4.79 Å². The van der Waals surface area contributed by atoms with Crippen molar-refractivity contribution in [2.45, 2.75) is 18.8 Å². The van der Waals surface area contributed by atoms with Crippen LogP contribution in [0.1, 0.15) is 34.0 Å². The molecule has 0 spiro atoms. The van der Waals surface area contributed by atoms with Gasteiger partial charge in [0.25, 0.3) is 5.91 Å². The summed E-state index contributed by atoms with van der Waals surface area (Å²) < 4.78 is 0. The number of rotatable bonds is 3. The highest BCUT2D eigenvalue weighted by atomic mass is 35.5. The van der Waals surface area contributed by atoms with Crippen molar-refractivity contribution in [3.05, 3.63) is 45.9 Å². The number of thiazole rings is 1. The average molecular weight is 322 g/mol. The van der Waals surface area contributed by atoms with Gasteiger partial charge in [-0.15, -0.1) is 11.3 Å². The van der Waals surface area contributed by atoms with Gasteiger partial charge in [0.05, 0.1) is 0 Å². The maximum Gasteiger partial charge on any atom is 0.257 e. The number of nitrogens with zero attached hydrogens (tertiary/aromatic N) is 1. The van der Waals surface area contributed by atoms with Crippen LogP contribution < -0.4 is 10.6 Å². The molecule has 0 radical (unpaired) electrons. The van der Waals surface area contributed by atoms with E-state index < -0.39 is 0 Å². The van der Waals surface area contributed by atoms with Crippen LogP contribution in [0.2, 0.25) is 5.02 Å². The molecule has 1 saturated heterocycles. The van der Waals surface area contributed by atoms with Crippen LogP contribution in [0.3, 0.4) is 0 Å². The summed E-state index contributed by atoms with van der Waals surface area (Å²) >= 11 is 7.46. The van der Waals surface area contributed by atoms with Crippen LogP contribution in [-0.4, -0.2) is 24.0 Å². The van der Waals surface area contributed by atoms with E-state index >= 15 is 0 Å². The Hall–Kier alpha value is -1.43. The van der Waals surface area contributed by atoms with Crippen LogP contribution >= 0.6 is 22.9 Å².